The van der Waals surface area contributed by atoms with Crippen LogP contribution in [-0.4, -0.2) is 49.6 Å². The lowest BCUT2D eigenvalue weighted by Gasteiger charge is -2.23. The summed E-state index contributed by atoms with van der Waals surface area (Å²) in [6.07, 6.45) is 1.31. The van der Waals surface area contributed by atoms with Crippen LogP contribution in [0.1, 0.15) is 12.8 Å². The largest absolute Gasteiger partial charge is 0.480 e. The standard InChI is InChI=1S/C11H13Cl2NO5S2/c12-9-4-8(11(13)20-9)21(17,18)14-3-1-2-7(14)5-19-6-10(15)16/h4,7H,1-3,5-6H2,(H,15,16). The molecule has 1 aromatic heterocycles. The first-order chi connectivity index (χ1) is 9.82. The second-order valence-corrected chi connectivity index (χ2v) is 8.65. The van der Waals surface area contributed by atoms with E-state index in [0.717, 1.165) is 11.3 Å². The van der Waals surface area contributed by atoms with Gasteiger partial charge in [-0.2, -0.15) is 4.31 Å². The number of ether oxygens (including phenoxy) is 1. The van der Waals surface area contributed by atoms with Crippen molar-refractivity contribution >= 4 is 50.5 Å². The van der Waals surface area contributed by atoms with Gasteiger partial charge in [0.05, 0.1) is 10.9 Å². The van der Waals surface area contributed by atoms with E-state index in [1.807, 2.05) is 0 Å². The Balaban J connectivity index is 2.15. The first-order valence-corrected chi connectivity index (χ1v) is 9.10. The molecule has 2 heterocycles. The Morgan fingerprint density at radius 1 is 1.52 bits per heavy atom. The van der Waals surface area contributed by atoms with Gasteiger partial charge in [-0.3, -0.25) is 0 Å². The first kappa shape index (κ1) is 17.0. The van der Waals surface area contributed by atoms with Gasteiger partial charge in [-0.05, 0) is 18.9 Å². The molecular weight excluding hydrogens is 361 g/mol. The predicted molar refractivity (Wildman–Crippen MR) is 79.7 cm³/mol. The summed E-state index contributed by atoms with van der Waals surface area (Å²) >= 11 is 12.7. The molecule has 2 rings (SSSR count). The van der Waals surface area contributed by atoms with E-state index < -0.39 is 22.6 Å². The number of aliphatic carboxylic acids is 1. The van der Waals surface area contributed by atoms with E-state index in [4.69, 9.17) is 33.0 Å². The Bertz CT molecular complexity index is 631. The highest BCUT2D eigenvalue weighted by molar-refractivity contribution is 7.89. The van der Waals surface area contributed by atoms with Gasteiger partial charge < -0.3 is 9.84 Å². The monoisotopic (exact) mass is 373 g/mol. The van der Waals surface area contributed by atoms with E-state index in [1.165, 1.54) is 10.4 Å². The molecule has 1 atom stereocenters. The molecule has 0 bridgehead atoms. The van der Waals surface area contributed by atoms with Gasteiger partial charge in [-0.15, -0.1) is 11.3 Å². The third-order valence-corrected chi connectivity index (χ3v) is 6.78. The van der Waals surface area contributed by atoms with Gasteiger partial charge in [-0.1, -0.05) is 23.2 Å². The summed E-state index contributed by atoms with van der Waals surface area (Å²) in [7, 11) is -3.75. The molecule has 0 radical (unpaired) electrons. The summed E-state index contributed by atoms with van der Waals surface area (Å²) < 4.78 is 31.9. The number of carbonyl (C=O) groups is 1. The SMILES string of the molecule is O=C(O)COCC1CCCN1S(=O)(=O)c1cc(Cl)sc1Cl. The Kier molecular flexibility index (Phi) is 5.50. The van der Waals surface area contributed by atoms with Gasteiger partial charge in [0.1, 0.15) is 15.8 Å². The molecule has 118 valence electrons. The number of sulfonamides is 1. The van der Waals surface area contributed by atoms with Crippen LogP contribution in [0.5, 0.6) is 0 Å². The molecule has 0 aromatic carbocycles. The summed E-state index contributed by atoms with van der Waals surface area (Å²) in [5, 5.41) is 8.54. The van der Waals surface area contributed by atoms with Crippen LogP contribution in [0, 0.1) is 0 Å². The topological polar surface area (TPSA) is 83.9 Å². The number of hydrogen-bond donors (Lipinski definition) is 1. The Hall–Kier alpha value is -0.380. The van der Waals surface area contributed by atoms with E-state index in [0.29, 0.717) is 23.7 Å². The molecule has 1 aliphatic rings. The summed E-state index contributed by atoms with van der Waals surface area (Å²) in [6, 6.07) is 0.946. The van der Waals surface area contributed by atoms with Crippen molar-refractivity contribution in [2.45, 2.75) is 23.8 Å². The van der Waals surface area contributed by atoms with Crippen molar-refractivity contribution in [1.82, 2.24) is 4.31 Å². The lowest BCUT2D eigenvalue weighted by atomic mass is 10.2. The molecule has 1 unspecified atom stereocenters. The maximum absolute atomic E-state index is 12.6. The van der Waals surface area contributed by atoms with Crippen molar-refractivity contribution < 1.29 is 23.1 Å². The molecule has 0 saturated carbocycles. The lowest BCUT2D eigenvalue weighted by molar-refractivity contribution is -0.142. The van der Waals surface area contributed by atoms with Crippen LogP contribution in [0.4, 0.5) is 0 Å². The van der Waals surface area contributed by atoms with Crippen LogP contribution in [0.15, 0.2) is 11.0 Å². The number of nitrogens with zero attached hydrogens (tertiary/aromatic N) is 1. The lowest BCUT2D eigenvalue weighted by Crippen LogP contribution is -2.38. The second kappa shape index (κ2) is 6.80. The van der Waals surface area contributed by atoms with Gasteiger partial charge in [0.2, 0.25) is 10.0 Å². The Morgan fingerprint density at radius 2 is 2.24 bits per heavy atom. The molecule has 10 heteroatoms. The zero-order chi connectivity index (χ0) is 15.6. The van der Waals surface area contributed by atoms with E-state index in [9.17, 15) is 13.2 Å². The van der Waals surface area contributed by atoms with Crippen molar-refractivity contribution in [2.75, 3.05) is 19.8 Å². The molecule has 0 aliphatic carbocycles. The fourth-order valence-electron chi connectivity index (χ4n) is 2.20. The molecule has 1 saturated heterocycles. The number of carboxylic acid groups (broad SMARTS) is 1. The molecule has 0 amide bonds. The average molecular weight is 374 g/mol. The van der Waals surface area contributed by atoms with Crippen molar-refractivity contribution in [3.05, 3.63) is 14.7 Å². The minimum absolute atomic E-state index is 0.00991. The molecule has 1 fully saturated rings. The molecule has 1 N–H and O–H groups in total. The van der Waals surface area contributed by atoms with Crippen molar-refractivity contribution in [1.29, 1.82) is 0 Å². The summed E-state index contributed by atoms with van der Waals surface area (Å²) in [4.78, 5) is 10.4. The van der Waals surface area contributed by atoms with E-state index in [1.54, 1.807) is 0 Å². The summed E-state index contributed by atoms with van der Waals surface area (Å²) in [5.41, 5.74) is 0. The minimum atomic E-state index is -3.75. The van der Waals surface area contributed by atoms with E-state index >= 15 is 0 Å². The first-order valence-electron chi connectivity index (χ1n) is 6.08. The third-order valence-electron chi connectivity index (χ3n) is 3.07. The molecule has 0 spiro atoms. The molecule has 21 heavy (non-hydrogen) atoms. The van der Waals surface area contributed by atoms with Gasteiger partial charge in [0.15, 0.2) is 0 Å². The zero-order valence-electron chi connectivity index (χ0n) is 10.8. The highest BCUT2D eigenvalue weighted by atomic mass is 35.5. The maximum Gasteiger partial charge on any atom is 0.329 e. The average Bonchev–Trinajstić information content (AvgIpc) is 2.96. The molecule has 1 aliphatic heterocycles. The predicted octanol–water partition coefficient (Wildman–Crippen LogP) is 2.31. The van der Waals surface area contributed by atoms with Crippen molar-refractivity contribution in [3.63, 3.8) is 0 Å². The molecular formula is C11H13Cl2NO5S2. The highest BCUT2D eigenvalue weighted by Crippen LogP contribution is 2.37. The van der Waals surface area contributed by atoms with E-state index in [2.05, 4.69) is 0 Å². The third kappa shape index (κ3) is 3.88. The Morgan fingerprint density at radius 3 is 2.81 bits per heavy atom. The van der Waals surface area contributed by atoms with Crippen molar-refractivity contribution in [3.8, 4) is 0 Å². The molecule has 6 nitrogen and oxygen atoms in total. The van der Waals surface area contributed by atoms with Crippen LogP contribution in [0.25, 0.3) is 0 Å². The number of hydrogen-bond acceptors (Lipinski definition) is 5. The quantitative estimate of drug-likeness (QED) is 0.826. The zero-order valence-corrected chi connectivity index (χ0v) is 13.9. The molecule has 1 aromatic rings. The van der Waals surface area contributed by atoms with Crippen LogP contribution in [0.2, 0.25) is 8.67 Å². The highest BCUT2D eigenvalue weighted by Gasteiger charge is 2.37. The van der Waals surface area contributed by atoms with Gasteiger partial charge >= 0.3 is 5.97 Å². The van der Waals surface area contributed by atoms with Crippen LogP contribution < -0.4 is 0 Å². The van der Waals surface area contributed by atoms with Gasteiger partial charge in [-0.25, -0.2) is 13.2 Å². The van der Waals surface area contributed by atoms with Crippen molar-refractivity contribution in [2.24, 2.45) is 0 Å². The number of thiophene rings is 1. The fraction of sp³-hybridized carbons (Fsp3) is 0.545. The number of rotatable bonds is 6. The number of carboxylic acids is 1. The van der Waals surface area contributed by atoms with Gasteiger partial charge in [0, 0.05) is 12.6 Å². The summed E-state index contributed by atoms with van der Waals surface area (Å²) in [5.74, 6) is -1.09. The smallest absolute Gasteiger partial charge is 0.329 e. The minimum Gasteiger partial charge on any atom is -0.480 e. The van der Waals surface area contributed by atoms with Crippen LogP contribution in [-0.2, 0) is 19.6 Å². The van der Waals surface area contributed by atoms with Crippen LogP contribution in [0.3, 0.4) is 0 Å². The Labute approximate surface area is 136 Å². The second-order valence-electron chi connectivity index (χ2n) is 4.51. The van der Waals surface area contributed by atoms with Gasteiger partial charge in [0.25, 0.3) is 0 Å². The normalized spacial score (nSPS) is 20.0. The maximum atomic E-state index is 12.6. The fourth-order valence-corrected chi connectivity index (χ4v) is 6.00. The number of halogens is 2. The summed E-state index contributed by atoms with van der Waals surface area (Å²) in [6.45, 7) is -0.0519. The van der Waals surface area contributed by atoms with E-state index in [-0.39, 0.29) is 21.9 Å². The van der Waals surface area contributed by atoms with Crippen LogP contribution >= 0.6 is 34.5 Å².